The highest BCUT2D eigenvalue weighted by Gasteiger charge is 2.25. The number of carbonyl (C=O) groups is 2. The van der Waals surface area contributed by atoms with Crippen molar-refractivity contribution in [1.29, 1.82) is 0 Å². The number of fused-ring (bicyclic) bond motifs is 1. The predicted octanol–water partition coefficient (Wildman–Crippen LogP) is 4.03. The summed E-state index contributed by atoms with van der Waals surface area (Å²) >= 11 is 6.95. The SMILES string of the molecule is O=C(O)CC(Sc1nc2ccccc2[nH]1)C(=O)c1ccc(Cl)cc1. The Morgan fingerprint density at radius 2 is 1.88 bits per heavy atom. The zero-order valence-corrected chi connectivity index (χ0v) is 14.0. The molecule has 0 aliphatic carbocycles. The fraction of sp³-hybridized carbons (Fsp3) is 0.118. The van der Waals surface area contributed by atoms with E-state index < -0.39 is 11.2 Å². The third-order valence-electron chi connectivity index (χ3n) is 3.40. The van der Waals surface area contributed by atoms with Gasteiger partial charge in [-0.3, -0.25) is 9.59 Å². The molecule has 0 fully saturated rings. The molecular formula is C17H13ClN2O3S. The number of nitrogens with zero attached hydrogens (tertiary/aromatic N) is 1. The van der Waals surface area contributed by atoms with Crippen LogP contribution in [0.5, 0.6) is 0 Å². The normalized spacial score (nSPS) is 12.2. The molecule has 0 saturated carbocycles. The Bertz CT molecular complexity index is 859. The van der Waals surface area contributed by atoms with Crippen LogP contribution in [-0.2, 0) is 4.79 Å². The van der Waals surface area contributed by atoms with Gasteiger partial charge in [-0.15, -0.1) is 0 Å². The van der Waals surface area contributed by atoms with Gasteiger partial charge >= 0.3 is 5.97 Å². The molecule has 3 aromatic rings. The lowest BCUT2D eigenvalue weighted by molar-refractivity contribution is -0.136. The average molecular weight is 361 g/mol. The minimum absolute atomic E-state index is 0.264. The minimum Gasteiger partial charge on any atom is -0.481 e. The number of Topliss-reactive ketones (excluding diaryl/α,β-unsaturated/α-hetero) is 1. The lowest BCUT2D eigenvalue weighted by atomic mass is 10.1. The van der Waals surface area contributed by atoms with E-state index in [1.165, 1.54) is 0 Å². The molecule has 0 bridgehead atoms. The summed E-state index contributed by atoms with van der Waals surface area (Å²) in [6.45, 7) is 0. The molecule has 1 aromatic heterocycles. The van der Waals surface area contributed by atoms with Crippen molar-refractivity contribution >= 4 is 46.1 Å². The van der Waals surface area contributed by atoms with Crippen LogP contribution in [0.25, 0.3) is 11.0 Å². The van der Waals surface area contributed by atoms with Gasteiger partial charge in [0.15, 0.2) is 10.9 Å². The summed E-state index contributed by atoms with van der Waals surface area (Å²) in [5.41, 5.74) is 2.04. The Morgan fingerprint density at radius 3 is 2.54 bits per heavy atom. The first kappa shape index (κ1) is 16.5. The largest absolute Gasteiger partial charge is 0.481 e. The number of thioether (sulfide) groups is 1. The summed E-state index contributed by atoms with van der Waals surface area (Å²) in [7, 11) is 0. The molecule has 1 unspecified atom stereocenters. The van der Waals surface area contributed by atoms with Crippen LogP contribution in [-0.4, -0.2) is 32.1 Å². The molecule has 122 valence electrons. The van der Waals surface area contributed by atoms with E-state index in [0.717, 1.165) is 22.8 Å². The van der Waals surface area contributed by atoms with Crippen LogP contribution < -0.4 is 0 Å². The lowest BCUT2D eigenvalue weighted by Gasteiger charge is -2.12. The summed E-state index contributed by atoms with van der Waals surface area (Å²) in [6.07, 6.45) is -0.289. The standard InChI is InChI=1S/C17H13ClN2O3S/c18-11-7-5-10(6-8-11)16(23)14(9-15(21)22)24-17-19-12-3-1-2-4-13(12)20-17/h1-8,14H,9H2,(H,19,20)(H,21,22). The quantitative estimate of drug-likeness (QED) is 0.512. The number of hydrogen-bond acceptors (Lipinski definition) is 4. The van der Waals surface area contributed by atoms with Crippen molar-refractivity contribution in [2.75, 3.05) is 0 Å². The van der Waals surface area contributed by atoms with Gasteiger partial charge in [-0.05, 0) is 36.4 Å². The smallest absolute Gasteiger partial charge is 0.304 e. The summed E-state index contributed by atoms with van der Waals surface area (Å²) in [6, 6.07) is 13.9. The van der Waals surface area contributed by atoms with Crippen LogP contribution in [0.2, 0.25) is 5.02 Å². The third kappa shape index (κ3) is 3.77. The number of aromatic nitrogens is 2. The fourth-order valence-electron chi connectivity index (χ4n) is 2.27. The molecule has 0 saturated heterocycles. The topological polar surface area (TPSA) is 83.0 Å². The zero-order chi connectivity index (χ0) is 17.1. The minimum atomic E-state index is -1.04. The van der Waals surface area contributed by atoms with E-state index >= 15 is 0 Å². The van der Waals surface area contributed by atoms with E-state index in [-0.39, 0.29) is 12.2 Å². The van der Waals surface area contributed by atoms with Crippen molar-refractivity contribution in [2.24, 2.45) is 0 Å². The Labute approximate surface area is 147 Å². The molecule has 2 N–H and O–H groups in total. The molecular weight excluding hydrogens is 348 g/mol. The van der Waals surface area contributed by atoms with E-state index in [4.69, 9.17) is 16.7 Å². The molecule has 1 atom stereocenters. The van der Waals surface area contributed by atoms with Crippen LogP contribution in [0.15, 0.2) is 53.7 Å². The molecule has 0 aliphatic rings. The molecule has 0 amide bonds. The van der Waals surface area contributed by atoms with E-state index in [9.17, 15) is 9.59 Å². The summed E-state index contributed by atoms with van der Waals surface area (Å²) < 4.78 is 0. The van der Waals surface area contributed by atoms with E-state index in [1.807, 2.05) is 24.3 Å². The molecule has 0 spiro atoms. The number of H-pyrrole nitrogens is 1. The van der Waals surface area contributed by atoms with Crippen molar-refractivity contribution in [3.8, 4) is 0 Å². The van der Waals surface area contributed by atoms with E-state index in [1.54, 1.807) is 24.3 Å². The highest BCUT2D eigenvalue weighted by Crippen LogP contribution is 2.28. The first-order chi connectivity index (χ1) is 11.5. The highest BCUT2D eigenvalue weighted by atomic mass is 35.5. The molecule has 0 aliphatic heterocycles. The number of imidazole rings is 1. The molecule has 0 radical (unpaired) electrons. The number of ketones is 1. The average Bonchev–Trinajstić information content (AvgIpc) is 2.96. The van der Waals surface area contributed by atoms with E-state index in [0.29, 0.717) is 15.7 Å². The summed E-state index contributed by atoms with van der Waals surface area (Å²) in [5, 5.41) is 9.39. The second kappa shape index (κ2) is 7.07. The van der Waals surface area contributed by atoms with Gasteiger partial charge in [-0.2, -0.15) is 0 Å². The molecule has 5 nitrogen and oxygen atoms in total. The molecule has 2 aromatic carbocycles. The number of carboxylic acids is 1. The molecule has 3 rings (SSSR count). The van der Waals surface area contributed by atoms with Crippen molar-refractivity contribution in [3.63, 3.8) is 0 Å². The van der Waals surface area contributed by atoms with Crippen molar-refractivity contribution < 1.29 is 14.7 Å². The van der Waals surface area contributed by atoms with Crippen LogP contribution in [0.3, 0.4) is 0 Å². The maximum atomic E-state index is 12.6. The number of nitrogens with one attached hydrogen (secondary N) is 1. The van der Waals surface area contributed by atoms with Crippen LogP contribution in [0.4, 0.5) is 0 Å². The second-order valence-electron chi connectivity index (χ2n) is 5.13. The van der Waals surface area contributed by atoms with Gasteiger partial charge in [0.1, 0.15) is 0 Å². The van der Waals surface area contributed by atoms with Gasteiger partial charge < -0.3 is 10.1 Å². The van der Waals surface area contributed by atoms with Gasteiger partial charge in [0.25, 0.3) is 0 Å². The van der Waals surface area contributed by atoms with Gasteiger partial charge in [0.05, 0.1) is 22.7 Å². The number of carbonyl (C=O) groups excluding carboxylic acids is 1. The maximum Gasteiger partial charge on any atom is 0.304 e. The number of benzene rings is 2. The highest BCUT2D eigenvalue weighted by molar-refractivity contribution is 8.00. The van der Waals surface area contributed by atoms with Crippen molar-refractivity contribution in [2.45, 2.75) is 16.8 Å². The number of rotatable bonds is 6. The Morgan fingerprint density at radius 1 is 1.17 bits per heavy atom. The Hall–Kier alpha value is -2.31. The van der Waals surface area contributed by atoms with Crippen LogP contribution in [0.1, 0.15) is 16.8 Å². The van der Waals surface area contributed by atoms with Crippen molar-refractivity contribution in [3.05, 3.63) is 59.1 Å². The summed E-state index contributed by atoms with van der Waals surface area (Å²) in [4.78, 5) is 31.3. The van der Waals surface area contributed by atoms with Gasteiger partial charge in [0, 0.05) is 10.6 Å². The number of para-hydroxylation sites is 2. The summed E-state index contributed by atoms with van der Waals surface area (Å²) in [5.74, 6) is -1.30. The molecule has 7 heteroatoms. The monoisotopic (exact) mass is 360 g/mol. The number of carboxylic acid groups (broad SMARTS) is 1. The third-order valence-corrected chi connectivity index (χ3v) is 4.74. The molecule has 1 heterocycles. The Kier molecular flexibility index (Phi) is 4.87. The van der Waals surface area contributed by atoms with Gasteiger partial charge in [0.2, 0.25) is 0 Å². The van der Waals surface area contributed by atoms with Gasteiger partial charge in [-0.25, -0.2) is 4.98 Å². The Balaban J connectivity index is 1.86. The first-order valence-electron chi connectivity index (χ1n) is 7.16. The van der Waals surface area contributed by atoms with Crippen molar-refractivity contribution in [1.82, 2.24) is 9.97 Å². The molecule has 24 heavy (non-hydrogen) atoms. The lowest BCUT2D eigenvalue weighted by Crippen LogP contribution is -2.21. The maximum absolute atomic E-state index is 12.6. The predicted molar refractivity (Wildman–Crippen MR) is 93.8 cm³/mol. The number of aromatic amines is 1. The van der Waals surface area contributed by atoms with E-state index in [2.05, 4.69) is 9.97 Å². The zero-order valence-electron chi connectivity index (χ0n) is 12.4. The fourth-order valence-corrected chi connectivity index (χ4v) is 3.45. The number of halogens is 1. The number of hydrogen-bond donors (Lipinski definition) is 2. The van der Waals surface area contributed by atoms with Crippen LogP contribution in [0, 0.1) is 0 Å². The first-order valence-corrected chi connectivity index (χ1v) is 8.41. The number of aliphatic carboxylic acids is 1. The van der Waals surface area contributed by atoms with Gasteiger partial charge in [-0.1, -0.05) is 35.5 Å². The second-order valence-corrected chi connectivity index (χ2v) is 6.76. The van der Waals surface area contributed by atoms with Crippen LogP contribution >= 0.6 is 23.4 Å².